The summed E-state index contributed by atoms with van der Waals surface area (Å²) in [6.07, 6.45) is 2.13. The summed E-state index contributed by atoms with van der Waals surface area (Å²) in [5.74, 6) is 1.07. The van der Waals surface area contributed by atoms with Crippen molar-refractivity contribution in [2.45, 2.75) is 53.1 Å². The standard InChI is InChI=1S/C14H21NO/c1-8-9(2)13-11(10(3)12(8)15)6-7-14(4,5)16-13/h6-7,15H2,1-5H3. The molecular formula is C14H21NO. The molecule has 0 unspecified atom stereocenters. The summed E-state index contributed by atoms with van der Waals surface area (Å²) in [5.41, 5.74) is 11.9. The molecule has 0 fully saturated rings. The molecule has 0 bridgehead atoms. The second-order valence-electron chi connectivity index (χ2n) is 5.46. The number of hydrogen-bond acceptors (Lipinski definition) is 2. The van der Waals surface area contributed by atoms with Crippen LogP contribution in [0.4, 0.5) is 5.69 Å². The normalized spacial score (nSPS) is 17.8. The summed E-state index contributed by atoms with van der Waals surface area (Å²) >= 11 is 0. The highest BCUT2D eigenvalue weighted by Gasteiger charge is 2.30. The lowest BCUT2D eigenvalue weighted by Gasteiger charge is -2.35. The van der Waals surface area contributed by atoms with Crippen LogP contribution in [0.2, 0.25) is 0 Å². The van der Waals surface area contributed by atoms with Gasteiger partial charge in [-0.2, -0.15) is 0 Å². The maximum absolute atomic E-state index is 6.12. The summed E-state index contributed by atoms with van der Waals surface area (Å²) < 4.78 is 6.11. The van der Waals surface area contributed by atoms with Crippen molar-refractivity contribution >= 4 is 5.69 Å². The van der Waals surface area contributed by atoms with E-state index in [-0.39, 0.29) is 5.60 Å². The van der Waals surface area contributed by atoms with Crippen LogP contribution in [-0.2, 0) is 6.42 Å². The van der Waals surface area contributed by atoms with Crippen molar-refractivity contribution in [1.29, 1.82) is 0 Å². The molecule has 0 saturated heterocycles. The number of ether oxygens (including phenoxy) is 1. The van der Waals surface area contributed by atoms with Gasteiger partial charge in [0.15, 0.2) is 0 Å². The van der Waals surface area contributed by atoms with Gasteiger partial charge in [0.05, 0.1) is 0 Å². The Hall–Kier alpha value is -1.18. The molecule has 0 aromatic heterocycles. The summed E-state index contributed by atoms with van der Waals surface area (Å²) in [4.78, 5) is 0. The molecule has 0 amide bonds. The molecule has 1 aliphatic heterocycles. The van der Waals surface area contributed by atoms with Crippen molar-refractivity contribution in [2.24, 2.45) is 0 Å². The third-order valence-corrected chi connectivity index (χ3v) is 3.79. The molecule has 2 N–H and O–H groups in total. The second-order valence-corrected chi connectivity index (χ2v) is 5.46. The van der Waals surface area contributed by atoms with Crippen LogP contribution in [0.3, 0.4) is 0 Å². The first kappa shape index (κ1) is 11.3. The first-order valence-electron chi connectivity index (χ1n) is 5.90. The van der Waals surface area contributed by atoms with Crippen LogP contribution in [0.25, 0.3) is 0 Å². The summed E-state index contributed by atoms with van der Waals surface area (Å²) in [6, 6.07) is 0. The lowest BCUT2D eigenvalue weighted by molar-refractivity contribution is 0.0834. The smallest absolute Gasteiger partial charge is 0.126 e. The molecule has 1 aliphatic rings. The number of hydrogen-bond donors (Lipinski definition) is 1. The van der Waals surface area contributed by atoms with E-state index in [1.54, 1.807) is 0 Å². The van der Waals surface area contributed by atoms with Crippen molar-refractivity contribution in [3.05, 3.63) is 22.3 Å². The van der Waals surface area contributed by atoms with Gasteiger partial charge in [-0.3, -0.25) is 0 Å². The van der Waals surface area contributed by atoms with Crippen LogP contribution >= 0.6 is 0 Å². The van der Waals surface area contributed by atoms with E-state index in [2.05, 4.69) is 34.6 Å². The first-order valence-corrected chi connectivity index (χ1v) is 5.90. The van der Waals surface area contributed by atoms with Crippen molar-refractivity contribution in [1.82, 2.24) is 0 Å². The Morgan fingerprint density at radius 1 is 1.06 bits per heavy atom. The van der Waals surface area contributed by atoms with Gasteiger partial charge in [-0.05, 0) is 69.7 Å². The van der Waals surface area contributed by atoms with E-state index in [0.717, 1.165) is 29.8 Å². The maximum Gasteiger partial charge on any atom is 0.126 e. The molecule has 0 spiro atoms. The molecule has 0 aliphatic carbocycles. The average molecular weight is 219 g/mol. The third-order valence-electron chi connectivity index (χ3n) is 3.79. The highest BCUT2D eigenvalue weighted by atomic mass is 16.5. The number of nitrogens with two attached hydrogens (primary N) is 1. The van der Waals surface area contributed by atoms with E-state index in [1.807, 2.05) is 0 Å². The van der Waals surface area contributed by atoms with Gasteiger partial charge < -0.3 is 10.5 Å². The van der Waals surface area contributed by atoms with E-state index in [4.69, 9.17) is 10.5 Å². The van der Waals surface area contributed by atoms with Crippen LogP contribution < -0.4 is 10.5 Å². The monoisotopic (exact) mass is 219 g/mol. The minimum Gasteiger partial charge on any atom is -0.487 e. The fraction of sp³-hybridized carbons (Fsp3) is 0.571. The molecule has 1 aromatic rings. The van der Waals surface area contributed by atoms with Crippen LogP contribution in [0, 0.1) is 20.8 Å². The predicted molar refractivity (Wildman–Crippen MR) is 68.1 cm³/mol. The van der Waals surface area contributed by atoms with Crippen molar-refractivity contribution < 1.29 is 4.74 Å². The average Bonchev–Trinajstić information content (AvgIpc) is 2.22. The van der Waals surface area contributed by atoms with Gasteiger partial charge in [0.2, 0.25) is 0 Å². The number of benzene rings is 1. The number of anilines is 1. The minimum atomic E-state index is -0.0489. The lowest BCUT2D eigenvalue weighted by atomic mass is 9.87. The highest BCUT2D eigenvalue weighted by Crippen LogP contribution is 2.41. The lowest BCUT2D eigenvalue weighted by Crippen LogP contribution is -2.33. The molecule has 2 heteroatoms. The zero-order valence-electron chi connectivity index (χ0n) is 10.9. The van der Waals surface area contributed by atoms with E-state index in [1.165, 1.54) is 16.7 Å². The van der Waals surface area contributed by atoms with Gasteiger partial charge in [-0.25, -0.2) is 0 Å². The SMILES string of the molecule is Cc1c(C)c2c(c(C)c1N)CCC(C)(C)O2. The van der Waals surface area contributed by atoms with Crippen LogP contribution in [0.15, 0.2) is 0 Å². The molecule has 0 atom stereocenters. The number of fused-ring (bicyclic) bond motifs is 1. The zero-order chi connectivity index (χ0) is 12.1. The molecular weight excluding hydrogens is 198 g/mol. The van der Waals surface area contributed by atoms with Crippen LogP contribution in [-0.4, -0.2) is 5.60 Å². The summed E-state index contributed by atoms with van der Waals surface area (Å²) in [6.45, 7) is 10.6. The number of rotatable bonds is 0. The minimum absolute atomic E-state index is 0.0489. The van der Waals surface area contributed by atoms with Crippen molar-refractivity contribution in [3.63, 3.8) is 0 Å². The van der Waals surface area contributed by atoms with E-state index >= 15 is 0 Å². The first-order chi connectivity index (χ1) is 7.33. The Morgan fingerprint density at radius 2 is 1.69 bits per heavy atom. The fourth-order valence-corrected chi connectivity index (χ4v) is 2.41. The molecule has 0 radical (unpaired) electrons. The topological polar surface area (TPSA) is 35.2 Å². The van der Waals surface area contributed by atoms with E-state index in [9.17, 15) is 0 Å². The summed E-state index contributed by atoms with van der Waals surface area (Å²) in [7, 11) is 0. The molecule has 16 heavy (non-hydrogen) atoms. The van der Waals surface area contributed by atoms with Gasteiger partial charge in [0.1, 0.15) is 11.4 Å². The Balaban J connectivity index is 2.65. The Kier molecular flexibility index (Phi) is 2.41. The van der Waals surface area contributed by atoms with Gasteiger partial charge >= 0.3 is 0 Å². The predicted octanol–water partition coefficient (Wildman–Crippen LogP) is 3.30. The molecule has 1 heterocycles. The molecule has 2 rings (SSSR count). The Morgan fingerprint density at radius 3 is 2.31 bits per heavy atom. The third kappa shape index (κ3) is 1.57. The van der Waals surface area contributed by atoms with Crippen LogP contribution in [0.1, 0.15) is 42.5 Å². The van der Waals surface area contributed by atoms with Gasteiger partial charge in [0.25, 0.3) is 0 Å². The van der Waals surface area contributed by atoms with Crippen molar-refractivity contribution in [2.75, 3.05) is 5.73 Å². The van der Waals surface area contributed by atoms with E-state index in [0.29, 0.717) is 0 Å². The quantitative estimate of drug-likeness (QED) is 0.679. The van der Waals surface area contributed by atoms with E-state index < -0.39 is 0 Å². The Bertz CT molecular complexity index is 447. The molecule has 1 aromatic carbocycles. The molecule has 0 saturated carbocycles. The highest BCUT2D eigenvalue weighted by molar-refractivity contribution is 5.65. The van der Waals surface area contributed by atoms with Gasteiger partial charge in [-0.1, -0.05) is 0 Å². The Labute approximate surface area is 97.8 Å². The molecule has 2 nitrogen and oxygen atoms in total. The van der Waals surface area contributed by atoms with Gasteiger partial charge in [-0.15, -0.1) is 0 Å². The van der Waals surface area contributed by atoms with Gasteiger partial charge in [0, 0.05) is 5.69 Å². The zero-order valence-corrected chi connectivity index (χ0v) is 10.9. The van der Waals surface area contributed by atoms with Crippen molar-refractivity contribution in [3.8, 4) is 5.75 Å². The second kappa shape index (κ2) is 3.41. The largest absolute Gasteiger partial charge is 0.487 e. The summed E-state index contributed by atoms with van der Waals surface area (Å²) in [5, 5.41) is 0. The van der Waals surface area contributed by atoms with Crippen LogP contribution in [0.5, 0.6) is 5.75 Å². The maximum atomic E-state index is 6.12. The number of nitrogen functional groups attached to an aromatic ring is 1. The fourth-order valence-electron chi connectivity index (χ4n) is 2.41. The molecule has 88 valence electrons.